The average molecular weight is 308 g/mol. The molecular weight excluding hydrogens is 288 g/mol. The van der Waals surface area contributed by atoms with E-state index in [0.717, 1.165) is 28.7 Å². The van der Waals surface area contributed by atoms with Gasteiger partial charge in [-0.1, -0.05) is 18.2 Å². The van der Waals surface area contributed by atoms with Gasteiger partial charge in [0, 0.05) is 29.7 Å². The second-order valence-electron chi connectivity index (χ2n) is 5.79. The Morgan fingerprint density at radius 3 is 2.78 bits per heavy atom. The van der Waals surface area contributed by atoms with Crippen molar-refractivity contribution in [3.05, 3.63) is 48.3 Å². The van der Waals surface area contributed by atoms with Crippen LogP contribution in [0.4, 0.5) is 0 Å². The molecule has 2 heterocycles. The molecule has 1 N–H and O–H groups in total. The van der Waals surface area contributed by atoms with E-state index >= 15 is 0 Å². The fourth-order valence-electron chi connectivity index (χ4n) is 2.52. The lowest BCUT2D eigenvalue weighted by molar-refractivity contribution is 0.0945. The third-order valence-corrected chi connectivity index (χ3v) is 3.63. The predicted molar refractivity (Wildman–Crippen MR) is 91.2 cm³/mol. The topological polar surface area (TPSA) is 59.8 Å². The average Bonchev–Trinajstić information content (AvgIpc) is 3.02. The van der Waals surface area contributed by atoms with E-state index in [9.17, 15) is 4.79 Å². The van der Waals surface area contributed by atoms with E-state index in [4.69, 9.17) is 0 Å². The molecule has 0 fully saturated rings. The summed E-state index contributed by atoms with van der Waals surface area (Å²) in [6, 6.07) is 9.63. The van der Waals surface area contributed by atoms with E-state index in [1.54, 1.807) is 6.20 Å². The Hall–Kier alpha value is -2.69. The number of rotatable bonds is 4. The Morgan fingerprint density at radius 2 is 2.09 bits per heavy atom. The van der Waals surface area contributed by atoms with Crippen molar-refractivity contribution in [2.45, 2.75) is 33.4 Å². The molecule has 0 atom stereocenters. The smallest absolute Gasteiger partial charge is 0.252 e. The molecule has 0 bridgehead atoms. The number of aryl methyl sites for hydroxylation is 1. The fraction of sp³-hybridized carbons (Fsp3) is 0.278. The van der Waals surface area contributed by atoms with E-state index in [-0.39, 0.29) is 11.9 Å². The zero-order valence-electron chi connectivity index (χ0n) is 13.6. The maximum atomic E-state index is 12.6. The minimum absolute atomic E-state index is 0.0808. The lowest BCUT2D eigenvalue weighted by Crippen LogP contribution is -2.30. The number of fused-ring (bicyclic) bond motifs is 1. The molecule has 0 aliphatic heterocycles. The molecule has 23 heavy (non-hydrogen) atoms. The molecule has 118 valence electrons. The molecule has 2 aromatic heterocycles. The van der Waals surface area contributed by atoms with Gasteiger partial charge < -0.3 is 5.32 Å². The molecule has 0 aliphatic carbocycles. The summed E-state index contributed by atoms with van der Waals surface area (Å²) in [4.78, 5) is 17.2. The van der Waals surface area contributed by atoms with Crippen molar-refractivity contribution in [2.24, 2.45) is 0 Å². The zero-order valence-corrected chi connectivity index (χ0v) is 13.6. The van der Waals surface area contributed by atoms with Crippen molar-refractivity contribution in [1.82, 2.24) is 20.1 Å². The number of carbonyl (C=O) groups is 1. The summed E-state index contributed by atoms with van der Waals surface area (Å²) in [5.41, 5.74) is 3.13. The highest BCUT2D eigenvalue weighted by molar-refractivity contribution is 6.07. The number of hydrogen-bond donors (Lipinski definition) is 1. The first-order valence-electron chi connectivity index (χ1n) is 7.82. The zero-order chi connectivity index (χ0) is 16.4. The number of carbonyl (C=O) groups excluding carboxylic acids is 1. The third-order valence-electron chi connectivity index (χ3n) is 3.63. The molecule has 0 radical (unpaired) electrons. The molecule has 0 aliphatic rings. The summed E-state index contributed by atoms with van der Waals surface area (Å²) in [5.74, 6) is -0.0808. The van der Waals surface area contributed by atoms with Gasteiger partial charge in [0.05, 0.1) is 23.0 Å². The summed E-state index contributed by atoms with van der Waals surface area (Å²) in [5, 5.41) is 8.11. The Balaban J connectivity index is 2.15. The van der Waals surface area contributed by atoms with Crippen LogP contribution < -0.4 is 5.32 Å². The summed E-state index contributed by atoms with van der Waals surface area (Å²) in [6.07, 6.45) is 3.73. The molecule has 0 saturated heterocycles. The second-order valence-corrected chi connectivity index (χ2v) is 5.79. The van der Waals surface area contributed by atoms with Crippen LogP contribution in [0.5, 0.6) is 0 Å². The lowest BCUT2D eigenvalue weighted by Gasteiger charge is -2.11. The molecule has 5 nitrogen and oxygen atoms in total. The molecule has 0 saturated carbocycles. The van der Waals surface area contributed by atoms with Gasteiger partial charge in [0.1, 0.15) is 0 Å². The van der Waals surface area contributed by atoms with Gasteiger partial charge in [-0.3, -0.25) is 9.48 Å². The predicted octanol–water partition coefficient (Wildman–Crippen LogP) is 3.26. The van der Waals surface area contributed by atoms with Crippen LogP contribution in [-0.4, -0.2) is 26.7 Å². The number of amides is 1. The molecule has 3 aromatic rings. The van der Waals surface area contributed by atoms with Gasteiger partial charge in [-0.15, -0.1) is 0 Å². The number of para-hydroxylation sites is 1. The monoisotopic (exact) mass is 308 g/mol. The molecule has 1 aromatic carbocycles. The standard InChI is InChI=1S/C18H20N4O/c1-4-22-11-13(10-19-22)17-9-15(18(23)20-12(2)3)14-7-5-6-8-16(14)21-17/h5-12H,4H2,1-3H3,(H,20,23). The van der Waals surface area contributed by atoms with Crippen molar-refractivity contribution < 1.29 is 4.79 Å². The SMILES string of the molecule is CCn1cc(-c2cc(C(=O)NC(C)C)c3ccccc3n2)cn1. The molecule has 3 rings (SSSR count). The van der Waals surface area contributed by atoms with Gasteiger partial charge in [-0.25, -0.2) is 4.98 Å². The minimum Gasteiger partial charge on any atom is -0.350 e. The van der Waals surface area contributed by atoms with E-state index < -0.39 is 0 Å². The summed E-state index contributed by atoms with van der Waals surface area (Å²) < 4.78 is 1.85. The van der Waals surface area contributed by atoms with Gasteiger partial charge >= 0.3 is 0 Å². The highest BCUT2D eigenvalue weighted by Crippen LogP contribution is 2.24. The van der Waals surface area contributed by atoms with Gasteiger partial charge in [0.2, 0.25) is 0 Å². The summed E-state index contributed by atoms with van der Waals surface area (Å²) >= 11 is 0. The van der Waals surface area contributed by atoms with Gasteiger partial charge in [-0.05, 0) is 32.9 Å². The Kier molecular flexibility index (Phi) is 4.10. The second kappa shape index (κ2) is 6.20. The van der Waals surface area contributed by atoms with E-state index in [2.05, 4.69) is 15.4 Å². The van der Waals surface area contributed by atoms with Gasteiger partial charge in [-0.2, -0.15) is 5.10 Å². The van der Waals surface area contributed by atoms with E-state index in [1.807, 2.05) is 62.0 Å². The highest BCUT2D eigenvalue weighted by atomic mass is 16.1. The number of hydrogen-bond acceptors (Lipinski definition) is 3. The first-order valence-corrected chi connectivity index (χ1v) is 7.82. The normalized spacial score (nSPS) is 11.1. The molecule has 0 spiro atoms. The number of benzene rings is 1. The summed E-state index contributed by atoms with van der Waals surface area (Å²) in [7, 11) is 0. The van der Waals surface area contributed by atoms with Crippen LogP contribution in [0.2, 0.25) is 0 Å². The van der Waals surface area contributed by atoms with Crippen LogP contribution in [-0.2, 0) is 6.54 Å². The van der Waals surface area contributed by atoms with Gasteiger partial charge in [0.15, 0.2) is 0 Å². The largest absolute Gasteiger partial charge is 0.350 e. The Bertz CT molecular complexity index is 851. The summed E-state index contributed by atoms with van der Waals surface area (Å²) in [6.45, 7) is 6.74. The Labute approximate surface area is 135 Å². The van der Waals surface area contributed by atoms with E-state index in [1.165, 1.54) is 0 Å². The van der Waals surface area contributed by atoms with Gasteiger partial charge in [0.25, 0.3) is 5.91 Å². The van der Waals surface area contributed by atoms with Crippen molar-refractivity contribution >= 4 is 16.8 Å². The van der Waals surface area contributed by atoms with Crippen LogP contribution in [0.15, 0.2) is 42.7 Å². The first kappa shape index (κ1) is 15.2. The first-order chi connectivity index (χ1) is 11.1. The maximum Gasteiger partial charge on any atom is 0.252 e. The molecule has 5 heteroatoms. The van der Waals surface area contributed by atoms with Crippen LogP contribution in [0.25, 0.3) is 22.2 Å². The minimum atomic E-state index is -0.0808. The van der Waals surface area contributed by atoms with Crippen LogP contribution in [0.3, 0.4) is 0 Å². The number of aromatic nitrogens is 3. The number of pyridine rings is 1. The third kappa shape index (κ3) is 3.08. The highest BCUT2D eigenvalue weighted by Gasteiger charge is 2.15. The Morgan fingerprint density at radius 1 is 1.30 bits per heavy atom. The van der Waals surface area contributed by atoms with Crippen LogP contribution in [0, 0.1) is 0 Å². The quantitative estimate of drug-likeness (QED) is 0.805. The van der Waals surface area contributed by atoms with Crippen LogP contribution in [0.1, 0.15) is 31.1 Å². The lowest BCUT2D eigenvalue weighted by atomic mass is 10.0. The number of nitrogens with zero attached hydrogens (tertiary/aromatic N) is 3. The van der Waals surface area contributed by atoms with Crippen molar-refractivity contribution in [3.63, 3.8) is 0 Å². The number of nitrogens with one attached hydrogen (secondary N) is 1. The van der Waals surface area contributed by atoms with Crippen molar-refractivity contribution in [3.8, 4) is 11.3 Å². The van der Waals surface area contributed by atoms with Crippen molar-refractivity contribution in [2.75, 3.05) is 0 Å². The molecular formula is C18H20N4O. The molecule has 0 unspecified atom stereocenters. The van der Waals surface area contributed by atoms with Crippen molar-refractivity contribution in [1.29, 1.82) is 0 Å². The van der Waals surface area contributed by atoms with Crippen LogP contribution >= 0.6 is 0 Å². The molecule has 1 amide bonds. The fourth-order valence-corrected chi connectivity index (χ4v) is 2.52. The van der Waals surface area contributed by atoms with E-state index in [0.29, 0.717) is 5.56 Å². The maximum absolute atomic E-state index is 12.6.